The molecule has 6 nitrogen and oxygen atoms in total. The maximum atomic E-state index is 14.1. The number of aliphatic imine (C=N–C) groups is 1. The minimum Gasteiger partial charge on any atom is -0.354 e. The number of hydrogen-bond donors (Lipinski definition) is 1. The van der Waals surface area contributed by atoms with E-state index in [1.807, 2.05) is 6.08 Å². The zero-order valence-electron chi connectivity index (χ0n) is 20.1. The first-order valence-electron chi connectivity index (χ1n) is 12.9. The van der Waals surface area contributed by atoms with Crippen molar-refractivity contribution in [3.8, 4) is 0 Å². The van der Waals surface area contributed by atoms with Crippen LogP contribution in [0.3, 0.4) is 0 Å². The molecule has 1 N–H and O–H groups in total. The van der Waals surface area contributed by atoms with E-state index in [1.165, 1.54) is 22.5 Å². The number of dihydropyridines is 1. The number of hydrogen-bond acceptors (Lipinski definition) is 5. The van der Waals surface area contributed by atoms with Gasteiger partial charge < -0.3 is 15.1 Å². The number of nitrogens with one attached hydrogen (secondary N) is 1. The fourth-order valence-electron chi connectivity index (χ4n) is 6.14. The van der Waals surface area contributed by atoms with Crippen molar-refractivity contribution in [2.75, 3.05) is 32.7 Å². The van der Waals surface area contributed by atoms with Gasteiger partial charge >= 0.3 is 0 Å². The summed E-state index contributed by atoms with van der Waals surface area (Å²) in [5, 5.41) is 8.65. The predicted molar refractivity (Wildman–Crippen MR) is 135 cm³/mol. The molecule has 0 spiro atoms. The van der Waals surface area contributed by atoms with Gasteiger partial charge in [0, 0.05) is 51.3 Å². The Morgan fingerprint density at radius 3 is 2.88 bits per heavy atom. The highest BCUT2D eigenvalue weighted by Gasteiger charge is 2.34. The van der Waals surface area contributed by atoms with Gasteiger partial charge in [-0.25, -0.2) is 9.07 Å². The molecule has 0 aromatic carbocycles. The number of halogens is 1. The molecule has 2 saturated heterocycles. The standard InChI is InChI=1S/C27H35FN6/c1-19-17-25(22-7-3-9-26(30-22)32-15-12-29-13-16-32)34-23(19)10-11-27(31-34)33-14-4-8-24(33)20-5-2-6-21(28)18-20/h2-3,5-6,9,17,21-22,24,29H,4,7-8,10-16,18H2,1H3. The van der Waals surface area contributed by atoms with Crippen molar-refractivity contribution < 1.29 is 4.39 Å². The third-order valence-electron chi connectivity index (χ3n) is 7.89. The van der Waals surface area contributed by atoms with E-state index in [9.17, 15) is 4.39 Å². The Morgan fingerprint density at radius 2 is 2.03 bits per heavy atom. The highest BCUT2D eigenvalue weighted by Crippen LogP contribution is 2.35. The molecule has 0 saturated carbocycles. The average molecular weight is 463 g/mol. The van der Waals surface area contributed by atoms with Crippen molar-refractivity contribution in [1.82, 2.24) is 19.8 Å². The summed E-state index contributed by atoms with van der Waals surface area (Å²) in [7, 11) is 0. The second kappa shape index (κ2) is 9.17. The molecule has 1 aliphatic carbocycles. The number of aromatic nitrogens is 1. The molecule has 180 valence electrons. The van der Waals surface area contributed by atoms with Crippen LogP contribution in [0.2, 0.25) is 0 Å². The van der Waals surface area contributed by atoms with Gasteiger partial charge in [0.15, 0.2) is 0 Å². The van der Waals surface area contributed by atoms with Crippen LogP contribution in [0.15, 0.2) is 52.1 Å². The lowest BCUT2D eigenvalue weighted by Crippen LogP contribution is -2.46. The van der Waals surface area contributed by atoms with E-state index in [-0.39, 0.29) is 12.1 Å². The van der Waals surface area contributed by atoms with Gasteiger partial charge in [0.25, 0.3) is 0 Å². The normalized spacial score (nSPS) is 29.1. The first kappa shape index (κ1) is 21.8. The molecule has 0 bridgehead atoms. The Balaban J connectivity index is 1.29. The van der Waals surface area contributed by atoms with Gasteiger partial charge in [0.1, 0.15) is 17.8 Å². The summed E-state index contributed by atoms with van der Waals surface area (Å²) >= 11 is 0. The molecule has 5 aliphatic rings. The first-order chi connectivity index (χ1) is 16.7. The molecule has 5 heterocycles. The number of alkyl halides is 1. The van der Waals surface area contributed by atoms with Crippen LogP contribution in [0, 0.1) is 6.92 Å². The van der Waals surface area contributed by atoms with Crippen LogP contribution in [0.25, 0.3) is 0 Å². The first-order valence-corrected chi connectivity index (χ1v) is 12.9. The molecule has 34 heavy (non-hydrogen) atoms. The van der Waals surface area contributed by atoms with E-state index in [0.717, 1.165) is 76.5 Å². The van der Waals surface area contributed by atoms with Crippen molar-refractivity contribution in [3.63, 3.8) is 0 Å². The van der Waals surface area contributed by atoms with Crippen molar-refractivity contribution >= 4 is 11.7 Å². The summed E-state index contributed by atoms with van der Waals surface area (Å²) in [6.45, 7) is 7.24. The minimum absolute atomic E-state index is 0.0956. The molecule has 6 rings (SSSR count). The number of likely N-dealkylation sites (tertiary alicyclic amines) is 1. The van der Waals surface area contributed by atoms with Crippen LogP contribution >= 0.6 is 0 Å². The summed E-state index contributed by atoms with van der Waals surface area (Å²) in [6.07, 6.45) is 14.9. The Labute approximate surface area is 201 Å². The van der Waals surface area contributed by atoms with Gasteiger partial charge in [-0.2, -0.15) is 5.10 Å². The minimum atomic E-state index is -0.858. The maximum Gasteiger partial charge on any atom is 0.126 e. The van der Waals surface area contributed by atoms with Gasteiger partial charge in [0.2, 0.25) is 0 Å². The van der Waals surface area contributed by atoms with Crippen molar-refractivity contribution in [2.24, 2.45) is 10.1 Å². The zero-order valence-corrected chi connectivity index (χ0v) is 20.1. The van der Waals surface area contributed by atoms with Crippen LogP contribution in [0.5, 0.6) is 0 Å². The van der Waals surface area contributed by atoms with Gasteiger partial charge in [-0.15, -0.1) is 0 Å². The van der Waals surface area contributed by atoms with Crippen molar-refractivity contribution in [3.05, 3.63) is 59.0 Å². The van der Waals surface area contributed by atoms with Gasteiger partial charge in [-0.3, -0.25) is 4.99 Å². The number of fused-ring (bicyclic) bond motifs is 1. The van der Waals surface area contributed by atoms with Crippen molar-refractivity contribution in [1.29, 1.82) is 0 Å². The van der Waals surface area contributed by atoms with Gasteiger partial charge in [0.05, 0.1) is 17.8 Å². The summed E-state index contributed by atoms with van der Waals surface area (Å²) < 4.78 is 16.3. The SMILES string of the molecule is Cc1cc(C2CC=CC(N3CCNCC3)=N2)n2c1CCC(N1CCCC1C1=CC=CC(F)C1)=N2. The van der Waals surface area contributed by atoms with E-state index < -0.39 is 6.17 Å². The summed E-state index contributed by atoms with van der Waals surface area (Å²) in [6, 6.07) is 2.67. The van der Waals surface area contributed by atoms with E-state index in [1.54, 1.807) is 6.08 Å². The van der Waals surface area contributed by atoms with E-state index in [2.05, 4.69) is 51.0 Å². The van der Waals surface area contributed by atoms with Gasteiger partial charge in [-0.05, 0) is 55.9 Å². The molecule has 4 aliphatic heterocycles. The molecule has 7 heteroatoms. The van der Waals surface area contributed by atoms with Crippen molar-refractivity contribution in [2.45, 2.75) is 63.7 Å². The van der Waals surface area contributed by atoms with E-state index in [4.69, 9.17) is 10.1 Å². The molecule has 1 aromatic rings. The molecule has 0 amide bonds. The second-order valence-electron chi connectivity index (χ2n) is 10.1. The number of amidine groups is 2. The van der Waals surface area contributed by atoms with E-state index in [0.29, 0.717) is 6.42 Å². The second-order valence-corrected chi connectivity index (χ2v) is 10.1. The quantitative estimate of drug-likeness (QED) is 0.725. The Bertz CT molecular complexity index is 1090. The van der Waals surface area contributed by atoms with Crippen LogP contribution in [0.1, 0.15) is 55.1 Å². The monoisotopic (exact) mass is 462 g/mol. The number of piperazine rings is 1. The summed E-state index contributed by atoms with van der Waals surface area (Å²) in [5.41, 5.74) is 5.03. The predicted octanol–water partition coefficient (Wildman–Crippen LogP) is 3.90. The smallest absolute Gasteiger partial charge is 0.126 e. The topological polar surface area (TPSA) is 48.2 Å². The molecule has 1 aromatic heterocycles. The van der Waals surface area contributed by atoms with Crippen LogP contribution in [-0.2, 0) is 6.42 Å². The van der Waals surface area contributed by atoms with Crippen LogP contribution in [-0.4, -0.2) is 71.1 Å². The lowest BCUT2D eigenvalue weighted by Gasteiger charge is -2.33. The Morgan fingerprint density at radius 1 is 1.15 bits per heavy atom. The highest BCUT2D eigenvalue weighted by molar-refractivity contribution is 5.94. The third kappa shape index (κ3) is 4.04. The largest absolute Gasteiger partial charge is 0.354 e. The molecule has 3 unspecified atom stereocenters. The number of aryl methyl sites for hydroxylation is 1. The highest BCUT2D eigenvalue weighted by atomic mass is 19.1. The number of allylic oxidation sites excluding steroid dienone is 3. The number of nitrogens with zero attached hydrogens (tertiary/aromatic N) is 5. The third-order valence-corrected chi connectivity index (χ3v) is 7.89. The molecular weight excluding hydrogens is 427 g/mol. The fourth-order valence-corrected chi connectivity index (χ4v) is 6.14. The lowest BCUT2D eigenvalue weighted by molar-refractivity contribution is 0.354. The molecule has 2 fully saturated rings. The Kier molecular flexibility index (Phi) is 5.89. The van der Waals surface area contributed by atoms with Gasteiger partial charge in [-0.1, -0.05) is 24.3 Å². The molecule has 0 radical (unpaired) electrons. The fraction of sp³-hybridized carbons (Fsp3) is 0.556. The lowest BCUT2D eigenvalue weighted by atomic mass is 9.95. The summed E-state index contributed by atoms with van der Waals surface area (Å²) in [5.74, 6) is 2.25. The average Bonchev–Trinajstić information content (AvgIpc) is 3.50. The van der Waals surface area contributed by atoms with Crippen LogP contribution in [0.4, 0.5) is 4.39 Å². The zero-order chi connectivity index (χ0) is 23.1. The van der Waals surface area contributed by atoms with E-state index >= 15 is 0 Å². The number of rotatable bonds is 2. The molecule has 3 atom stereocenters. The van der Waals surface area contributed by atoms with Crippen LogP contribution < -0.4 is 5.32 Å². The maximum absolute atomic E-state index is 14.1. The Hall–Kier alpha value is -2.67. The molecular formula is C27H35FN6. The summed E-state index contributed by atoms with van der Waals surface area (Å²) in [4.78, 5) is 10.0.